The maximum Gasteiger partial charge on any atom is 0.194 e. The largest absolute Gasteiger partial charge is 0.376 e. The first-order valence-electron chi connectivity index (χ1n) is 5.57. The Bertz CT molecular complexity index is 405. The van der Waals surface area contributed by atoms with Crippen LogP contribution in [0.1, 0.15) is 24.4 Å². The van der Waals surface area contributed by atoms with E-state index in [1.165, 1.54) is 6.07 Å². The van der Waals surface area contributed by atoms with E-state index in [-0.39, 0.29) is 11.7 Å². The third kappa shape index (κ3) is 2.30. The maximum atomic E-state index is 13.6. The summed E-state index contributed by atoms with van der Waals surface area (Å²) in [6, 6.07) is 1.75. The lowest BCUT2D eigenvalue weighted by molar-refractivity contribution is 0.0793. The van der Waals surface area contributed by atoms with Gasteiger partial charge in [-0.3, -0.25) is 0 Å². The Morgan fingerprint density at radius 1 is 1.29 bits per heavy atom. The van der Waals surface area contributed by atoms with Crippen LogP contribution in [0.15, 0.2) is 12.1 Å². The van der Waals surface area contributed by atoms with Gasteiger partial charge >= 0.3 is 0 Å². The number of rotatable bonds is 3. The maximum absolute atomic E-state index is 13.6. The molecule has 1 aromatic rings. The molecule has 1 heterocycles. The van der Waals surface area contributed by atoms with E-state index in [0.29, 0.717) is 6.61 Å². The fourth-order valence-corrected chi connectivity index (χ4v) is 2.19. The zero-order valence-electron chi connectivity index (χ0n) is 9.47. The van der Waals surface area contributed by atoms with Gasteiger partial charge in [0.25, 0.3) is 0 Å². The minimum absolute atomic E-state index is 0.110. The number of benzene rings is 1. The van der Waals surface area contributed by atoms with Crippen LogP contribution in [0.2, 0.25) is 0 Å². The first kappa shape index (κ1) is 12.4. The SMILES string of the molecule is CNC(c1ccc(F)c(F)c1F)C1CCCO1. The predicted molar refractivity (Wildman–Crippen MR) is 57.1 cm³/mol. The van der Waals surface area contributed by atoms with Crippen LogP contribution in [-0.2, 0) is 4.74 Å². The lowest BCUT2D eigenvalue weighted by atomic mass is 9.98. The lowest BCUT2D eigenvalue weighted by Crippen LogP contribution is -2.30. The Morgan fingerprint density at radius 2 is 2.06 bits per heavy atom. The Balaban J connectivity index is 2.33. The Labute approximate surface area is 97.8 Å². The molecule has 1 fully saturated rings. The van der Waals surface area contributed by atoms with Crippen molar-refractivity contribution in [2.24, 2.45) is 0 Å². The van der Waals surface area contributed by atoms with Gasteiger partial charge in [0.05, 0.1) is 12.1 Å². The molecule has 17 heavy (non-hydrogen) atoms. The van der Waals surface area contributed by atoms with Crippen LogP contribution in [0.4, 0.5) is 13.2 Å². The molecule has 2 unspecified atom stereocenters. The van der Waals surface area contributed by atoms with Gasteiger partial charge in [0.2, 0.25) is 0 Å². The number of hydrogen-bond acceptors (Lipinski definition) is 2. The van der Waals surface area contributed by atoms with Gasteiger partial charge in [0.15, 0.2) is 17.5 Å². The molecule has 1 aliphatic rings. The van der Waals surface area contributed by atoms with Crippen LogP contribution in [0.5, 0.6) is 0 Å². The zero-order chi connectivity index (χ0) is 12.4. The Morgan fingerprint density at radius 3 is 2.65 bits per heavy atom. The summed E-state index contributed by atoms with van der Waals surface area (Å²) in [5.74, 6) is -3.74. The predicted octanol–water partition coefficient (Wildman–Crippen LogP) is 2.54. The molecule has 0 saturated carbocycles. The van der Waals surface area contributed by atoms with E-state index in [1.807, 2.05) is 0 Å². The first-order valence-corrected chi connectivity index (χ1v) is 5.57. The number of halogens is 3. The molecule has 94 valence electrons. The van der Waals surface area contributed by atoms with Crippen molar-refractivity contribution in [3.63, 3.8) is 0 Å². The van der Waals surface area contributed by atoms with Crippen LogP contribution in [0.3, 0.4) is 0 Å². The molecule has 1 saturated heterocycles. The second-order valence-corrected chi connectivity index (χ2v) is 4.08. The second kappa shape index (κ2) is 5.06. The highest BCUT2D eigenvalue weighted by atomic mass is 19.2. The molecule has 1 aromatic carbocycles. The molecule has 2 atom stereocenters. The van der Waals surface area contributed by atoms with Gasteiger partial charge in [0, 0.05) is 12.2 Å². The molecule has 0 bridgehead atoms. The zero-order valence-corrected chi connectivity index (χ0v) is 9.47. The molecule has 0 aromatic heterocycles. The molecule has 1 aliphatic heterocycles. The number of hydrogen-bond donors (Lipinski definition) is 1. The van der Waals surface area contributed by atoms with Crippen molar-refractivity contribution in [3.8, 4) is 0 Å². The summed E-state index contributed by atoms with van der Waals surface area (Å²) >= 11 is 0. The van der Waals surface area contributed by atoms with E-state index in [2.05, 4.69) is 5.32 Å². The van der Waals surface area contributed by atoms with Crippen molar-refractivity contribution in [3.05, 3.63) is 35.1 Å². The molecule has 0 amide bonds. The molecule has 1 N–H and O–H groups in total. The van der Waals surface area contributed by atoms with Gasteiger partial charge in [-0.25, -0.2) is 13.2 Å². The van der Waals surface area contributed by atoms with Crippen LogP contribution >= 0.6 is 0 Å². The number of nitrogens with one attached hydrogen (secondary N) is 1. The highest BCUT2D eigenvalue weighted by Crippen LogP contribution is 2.29. The Hall–Kier alpha value is -1.07. The molecule has 5 heteroatoms. The van der Waals surface area contributed by atoms with E-state index in [1.54, 1.807) is 7.05 Å². The summed E-state index contributed by atoms with van der Waals surface area (Å²) in [4.78, 5) is 0. The normalized spacial score (nSPS) is 21.8. The molecule has 0 aliphatic carbocycles. The van der Waals surface area contributed by atoms with Crippen LogP contribution in [-0.4, -0.2) is 19.8 Å². The summed E-state index contributed by atoms with van der Waals surface area (Å²) in [7, 11) is 1.65. The monoisotopic (exact) mass is 245 g/mol. The van der Waals surface area contributed by atoms with E-state index in [4.69, 9.17) is 4.74 Å². The fraction of sp³-hybridized carbons (Fsp3) is 0.500. The second-order valence-electron chi connectivity index (χ2n) is 4.08. The fourth-order valence-electron chi connectivity index (χ4n) is 2.19. The van der Waals surface area contributed by atoms with Crippen LogP contribution < -0.4 is 5.32 Å². The average molecular weight is 245 g/mol. The van der Waals surface area contributed by atoms with Crippen molar-refractivity contribution >= 4 is 0 Å². The van der Waals surface area contributed by atoms with Gasteiger partial charge in [-0.1, -0.05) is 6.07 Å². The van der Waals surface area contributed by atoms with Gasteiger partial charge in [0.1, 0.15) is 0 Å². The molecular formula is C12H14F3NO. The third-order valence-electron chi connectivity index (χ3n) is 3.05. The number of ether oxygens (including phenoxy) is 1. The van der Waals surface area contributed by atoms with Gasteiger partial charge in [-0.05, 0) is 26.0 Å². The average Bonchev–Trinajstić information content (AvgIpc) is 2.84. The minimum atomic E-state index is -1.43. The van der Waals surface area contributed by atoms with E-state index >= 15 is 0 Å². The van der Waals surface area contributed by atoms with Crippen molar-refractivity contribution < 1.29 is 17.9 Å². The van der Waals surface area contributed by atoms with E-state index in [0.717, 1.165) is 18.9 Å². The first-order chi connectivity index (χ1) is 8.15. The van der Waals surface area contributed by atoms with Crippen molar-refractivity contribution in [2.45, 2.75) is 25.0 Å². The van der Waals surface area contributed by atoms with Crippen molar-refractivity contribution in [1.29, 1.82) is 0 Å². The summed E-state index contributed by atoms with van der Waals surface area (Å²) in [6.45, 7) is 0.619. The molecular weight excluding hydrogens is 231 g/mol. The van der Waals surface area contributed by atoms with Gasteiger partial charge in [-0.2, -0.15) is 0 Å². The van der Waals surface area contributed by atoms with E-state index in [9.17, 15) is 13.2 Å². The Kier molecular flexibility index (Phi) is 3.69. The van der Waals surface area contributed by atoms with Crippen molar-refractivity contribution in [2.75, 3.05) is 13.7 Å². The van der Waals surface area contributed by atoms with Gasteiger partial charge < -0.3 is 10.1 Å². The van der Waals surface area contributed by atoms with E-state index < -0.39 is 23.5 Å². The molecule has 0 spiro atoms. The quantitative estimate of drug-likeness (QED) is 0.826. The molecule has 2 rings (SSSR count). The van der Waals surface area contributed by atoms with Crippen LogP contribution in [0.25, 0.3) is 0 Å². The summed E-state index contributed by atoms with van der Waals surface area (Å²) in [5.41, 5.74) is 0.110. The third-order valence-corrected chi connectivity index (χ3v) is 3.05. The summed E-state index contributed by atoms with van der Waals surface area (Å²) in [6.07, 6.45) is 1.48. The molecule has 2 nitrogen and oxygen atoms in total. The summed E-state index contributed by atoms with van der Waals surface area (Å²) < 4.78 is 45.1. The van der Waals surface area contributed by atoms with Crippen LogP contribution in [0, 0.1) is 17.5 Å². The number of likely N-dealkylation sites (N-methyl/N-ethyl adjacent to an activating group) is 1. The van der Waals surface area contributed by atoms with Gasteiger partial charge in [-0.15, -0.1) is 0 Å². The standard InChI is InChI=1S/C12H14F3NO/c1-16-12(9-3-2-6-17-9)7-4-5-8(13)11(15)10(7)14/h4-5,9,12,16H,2-3,6H2,1H3. The van der Waals surface area contributed by atoms with Crippen molar-refractivity contribution in [1.82, 2.24) is 5.32 Å². The molecule has 0 radical (unpaired) electrons. The topological polar surface area (TPSA) is 21.3 Å². The highest BCUT2D eigenvalue weighted by molar-refractivity contribution is 5.24. The minimum Gasteiger partial charge on any atom is -0.376 e. The lowest BCUT2D eigenvalue weighted by Gasteiger charge is -2.23. The summed E-state index contributed by atoms with van der Waals surface area (Å²) in [5, 5.41) is 2.89. The highest BCUT2D eigenvalue weighted by Gasteiger charge is 2.29. The smallest absolute Gasteiger partial charge is 0.194 e.